The first-order valence-corrected chi connectivity index (χ1v) is 7.60. The summed E-state index contributed by atoms with van der Waals surface area (Å²) in [5.41, 5.74) is 5.30. The van der Waals surface area contributed by atoms with Crippen LogP contribution in [-0.4, -0.2) is 21.0 Å². The number of anilines is 2. The van der Waals surface area contributed by atoms with Crippen LogP contribution in [0.1, 0.15) is 30.5 Å². The number of aromatic nitrogens is 3. The van der Waals surface area contributed by atoms with Gasteiger partial charge in [-0.3, -0.25) is 0 Å². The van der Waals surface area contributed by atoms with Gasteiger partial charge in [-0.05, 0) is 37.6 Å². The maximum Gasteiger partial charge on any atom is 0.451 e. The molecule has 0 fully saturated rings. The third-order valence-corrected chi connectivity index (χ3v) is 3.86. The second-order valence-corrected chi connectivity index (χ2v) is 5.89. The zero-order valence-corrected chi connectivity index (χ0v) is 12.7. The highest BCUT2D eigenvalue weighted by Crippen LogP contribution is 2.27. The molecule has 0 saturated heterocycles. The monoisotopic (exact) mass is 331 g/mol. The van der Waals surface area contributed by atoms with Crippen molar-refractivity contribution in [3.63, 3.8) is 0 Å². The van der Waals surface area contributed by atoms with Crippen LogP contribution in [0, 0.1) is 0 Å². The van der Waals surface area contributed by atoms with E-state index in [1.54, 1.807) is 11.3 Å². The average Bonchev–Trinajstić information content (AvgIpc) is 2.90. The molecule has 2 aromatic rings. The summed E-state index contributed by atoms with van der Waals surface area (Å²) in [5.74, 6) is -1.88. The fraction of sp³-hybridized carbons (Fsp3) is 0.462. The molecule has 0 aromatic carbocycles. The Balaban J connectivity index is 1.90. The van der Waals surface area contributed by atoms with Crippen LogP contribution in [0.2, 0.25) is 0 Å². The molecule has 0 radical (unpaired) electrons. The van der Waals surface area contributed by atoms with Gasteiger partial charge in [0.05, 0.1) is 0 Å². The van der Waals surface area contributed by atoms with E-state index >= 15 is 0 Å². The molecule has 22 heavy (non-hydrogen) atoms. The van der Waals surface area contributed by atoms with Gasteiger partial charge in [0, 0.05) is 10.9 Å². The number of hydrogen-bond acceptors (Lipinski definition) is 6. The van der Waals surface area contributed by atoms with Crippen molar-refractivity contribution >= 4 is 23.2 Å². The fourth-order valence-electron chi connectivity index (χ4n) is 1.91. The molecule has 0 saturated carbocycles. The molecule has 2 rings (SSSR count). The largest absolute Gasteiger partial charge is 0.451 e. The van der Waals surface area contributed by atoms with E-state index in [4.69, 9.17) is 5.73 Å². The molecule has 2 heterocycles. The Kier molecular flexibility index (Phi) is 5.17. The highest BCUT2D eigenvalue weighted by atomic mass is 32.1. The van der Waals surface area contributed by atoms with Crippen LogP contribution in [-0.2, 0) is 12.6 Å². The summed E-state index contributed by atoms with van der Waals surface area (Å²) in [5, 5.41) is 4.85. The molecule has 9 heteroatoms. The molecule has 0 bridgehead atoms. The minimum Gasteiger partial charge on any atom is -0.368 e. The standard InChI is InChI=1S/C13H16F3N5S/c1-8(4-2-5-9-6-3-7-22-9)18-12-20-10(13(14,15)16)19-11(17)21-12/h3,6-8H,2,4-5H2,1H3,(H3,17,18,19,20,21). The third kappa shape index (κ3) is 4.83. The quantitative estimate of drug-likeness (QED) is 0.849. The number of halogens is 3. The molecular formula is C13H16F3N5S. The Morgan fingerprint density at radius 2 is 2.09 bits per heavy atom. The molecule has 1 atom stereocenters. The number of hydrogen-bond donors (Lipinski definition) is 2. The summed E-state index contributed by atoms with van der Waals surface area (Å²) in [6, 6.07) is 3.99. The van der Waals surface area contributed by atoms with Gasteiger partial charge in [-0.2, -0.15) is 28.1 Å². The van der Waals surface area contributed by atoms with Gasteiger partial charge < -0.3 is 11.1 Å². The first kappa shape index (κ1) is 16.5. The van der Waals surface area contributed by atoms with Crippen LogP contribution < -0.4 is 11.1 Å². The molecule has 2 aromatic heterocycles. The van der Waals surface area contributed by atoms with Crippen molar-refractivity contribution in [2.45, 2.75) is 38.4 Å². The van der Waals surface area contributed by atoms with Crippen molar-refractivity contribution in [3.8, 4) is 0 Å². The highest BCUT2D eigenvalue weighted by molar-refractivity contribution is 7.09. The molecule has 0 aliphatic heterocycles. The van der Waals surface area contributed by atoms with Crippen molar-refractivity contribution < 1.29 is 13.2 Å². The third-order valence-electron chi connectivity index (χ3n) is 2.92. The van der Waals surface area contributed by atoms with Crippen LogP contribution in [0.3, 0.4) is 0 Å². The molecule has 0 spiro atoms. The zero-order valence-electron chi connectivity index (χ0n) is 11.9. The molecule has 5 nitrogen and oxygen atoms in total. The average molecular weight is 331 g/mol. The van der Waals surface area contributed by atoms with Gasteiger partial charge >= 0.3 is 6.18 Å². The van der Waals surface area contributed by atoms with Gasteiger partial charge in [0.25, 0.3) is 0 Å². The van der Waals surface area contributed by atoms with Crippen LogP contribution in [0.15, 0.2) is 17.5 Å². The Labute approximate surface area is 129 Å². The summed E-state index contributed by atoms with van der Waals surface area (Å²) in [6.07, 6.45) is -2.00. The van der Waals surface area contributed by atoms with Gasteiger partial charge in [0.1, 0.15) is 0 Å². The van der Waals surface area contributed by atoms with E-state index < -0.39 is 17.9 Å². The van der Waals surface area contributed by atoms with E-state index in [0.717, 1.165) is 19.3 Å². The summed E-state index contributed by atoms with van der Waals surface area (Å²) < 4.78 is 37.8. The lowest BCUT2D eigenvalue weighted by Crippen LogP contribution is -2.21. The predicted molar refractivity (Wildman–Crippen MR) is 79.6 cm³/mol. The Bertz CT molecular complexity index is 600. The second-order valence-electron chi connectivity index (χ2n) is 4.86. The summed E-state index contributed by atoms with van der Waals surface area (Å²) >= 11 is 1.69. The van der Waals surface area contributed by atoms with Crippen molar-refractivity contribution in [3.05, 3.63) is 28.2 Å². The smallest absolute Gasteiger partial charge is 0.368 e. The summed E-state index contributed by atoms with van der Waals surface area (Å²) in [6.45, 7) is 1.86. The topological polar surface area (TPSA) is 76.7 Å². The Morgan fingerprint density at radius 3 is 2.73 bits per heavy atom. The van der Waals surface area contributed by atoms with Gasteiger partial charge in [0.2, 0.25) is 17.7 Å². The van der Waals surface area contributed by atoms with Gasteiger partial charge in [-0.1, -0.05) is 6.07 Å². The molecule has 0 aliphatic carbocycles. The van der Waals surface area contributed by atoms with E-state index in [2.05, 4.69) is 26.3 Å². The summed E-state index contributed by atoms with van der Waals surface area (Å²) in [4.78, 5) is 11.4. The van der Waals surface area contributed by atoms with Crippen LogP contribution >= 0.6 is 11.3 Å². The summed E-state index contributed by atoms with van der Waals surface area (Å²) in [7, 11) is 0. The molecule has 3 N–H and O–H groups in total. The lowest BCUT2D eigenvalue weighted by molar-refractivity contribution is -0.144. The van der Waals surface area contributed by atoms with E-state index in [0.29, 0.717) is 0 Å². The maximum absolute atomic E-state index is 12.6. The lowest BCUT2D eigenvalue weighted by atomic mass is 10.1. The normalized spacial score (nSPS) is 13.1. The van der Waals surface area contributed by atoms with Gasteiger partial charge in [-0.15, -0.1) is 11.3 Å². The number of thiophene rings is 1. The Morgan fingerprint density at radius 1 is 1.32 bits per heavy atom. The lowest BCUT2D eigenvalue weighted by Gasteiger charge is -2.14. The zero-order chi connectivity index (χ0) is 16.2. The highest BCUT2D eigenvalue weighted by Gasteiger charge is 2.35. The predicted octanol–water partition coefficient (Wildman–Crippen LogP) is 3.36. The van der Waals surface area contributed by atoms with Crippen LogP contribution in [0.5, 0.6) is 0 Å². The second kappa shape index (κ2) is 6.91. The minimum absolute atomic E-state index is 0.0668. The number of nitrogens with zero attached hydrogens (tertiary/aromatic N) is 3. The SMILES string of the molecule is CC(CCCc1cccs1)Nc1nc(N)nc(C(F)(F)F)n1. The van der Waals surface area contributed by atoms with Crippen LogP contribution in [0.4, 0.5) is 25.1 Å². The minimum atomic E-state index is -4.64. The maximum atomic E-state index is 12.6. The van der Waals surface area contributed by atoms with E-state index in [1.807, 2.05) is 18.4 Å². The van der Waals surface area contributed by atoms with Crippen molar-refractivity contribution in [2.24, 2.45) is 0 Å². The van der Waals surface area contributed by atoms with Crippen molar-refractivity contribution in [1.29, 1.82) is 0 Å². The number of rotatable bonds is 6. The number of alkyl halides is 3. The molecule has 120 valence electrons. The fourth-order valence-corrected chi connectivity index (χ4v) is 2.66. The number of nitrogen functional groups attached to an aromatic ring is 1. The number of aryl methyl sites for hydroxylation is 1. The van der Waals surface area contributed by atoms with Crippen molar-refractivity contribution in [1.82, 2.24) is 15.0 Å². The van der Waals surface area contributed by atoms with Gasteiger partial charge in [-0.25, -0.2) is 0 Å². The van der Waals surface area contributed by atoms with E-state index in [9.17, 15) is 13.2 Å². The molecule has 1 unspecified atom stereocenters. The number of nitrogens with two attached hydrogens (primary N) is 1. The first-order valence-electron chi connectivity index (χ1n) is 6.72. The van der Waals surface area contributed by atoms with E-state index in [-0.39, 0.29) is 12.0 Å². The van der Waals surface area contributed by atoms with Gasteiger partial charge in [0.15, 0.2) is 0 Å². The van der Waals surface area contributed by atoms with Crippen molar-refractivity contribution in [2.75, 3.05) is 11.1 Å². The van der Waals surface area contributed by atoms with Crippen LogP contribution in [0.25, 0.3) is 0 Å². The molecular weight excluding hydrogens is 315 g/mol. The molecule has 0 aliphatic rings. The molecule has 0 amide bonds. The van der Waals surface area contributed by atoms with E-state index in [1.165, 1.54) is 4.88 Å². The number of nitrogens with one attached hydrogen (secondary N) is 1. The Hall–Kier alpha value is -1.90. The first-order chi connectivity index (χ1) is 10.3.